The standard InChI is InChI=1S/C82H129NO8S/c1-6-8-10-12-14-16-18-20-21-22-23-24-25-26-27-28-29-30-32-34-36-38-52-62-76(84)83-73(67-90-81-80(89-66-72-59-49-42-50-60-72)79(88-65-71-57-47-41-48-58-71)77(85)75(91-81)68-92-82(3,4)5)78(87-64-70-55-45-40-46-56-70)74(86-63-69-53-43-39-44-54-69)61-51-37-35-33-31-19-17-15-13-11-9-7-2/h37,39-51,53-60,73-75,77-81,85H,6-36,38,52,61-68H2,1-5H3,(H,83,84)/b51-37+/t73-,74+,75+,77-,78-,79-,80+,81-/m0/s1. The second-order valence-electron chi connectivity index (χ2n) is 27.4. The lowest BCUT2D eigenvalue weighted by atomic mass is 9.98. The van der Waals surface area contributed by atoms with Crippen molar-refractivity contribution in [1.29, 1.82) is 0 Å². The number of carbonyl (C=O) groups excluding carboxylic acids is 1. The summed E-state index contributed by atoms with van der Waals surface area (Å²) < 4.78 is 41.8. The molecule has 4 aromatic rings. The first-order valence-electron chi connectivity index (χ1n) is 37.3. The van der Waals surface area contributed by atoms with Crippen molar-refractivity contribution in [2.24, 2.45) is 0 Å². The van der Waals surface area contributed by atoms with E-state index in [1.165, 1.54) is 180 Å². The number of benzene rings is 4. The number of hydrogen-bond acceptors (Lipinski definition) is 9. The highest BCUT2D eigenvalue weighted by Gasteiger charge is 2.48. The number of rotatable bonds is 56. The predicted molar refractivity (Wildman–Crippen MR) is 387 cm³/mol. The lowest BCUT2D eigenvalue weighted by molar-refractivity contribution is -0.314. The summed E-state index contributed by atoms with van der Waals surface area (Å²) in [5.41, 5.74) is 4.04. The fourth-order valence-electron chi connectivity index (χ4n) is 12.4. The average Bonchev–Trinajstić information content (AvgIpc) is 0.864. The van der Waals surface area contributed by atoms with Crippen LogP contribution in [0.1, 0.15) is 282 Å². The number of aliphatic hydroxyl groups is 1. The number of allylic oxidation sites excluding steroid dienone is 1. The fraction of sp³-hybridized carbons (Fsp3) is 0.671. The minimum atomic E-state index is -1.02. The van der Waals surface area contributed by atoms with E-state index in [9.17, 15) is 9.90 Å². The average molecular weight is 1290 g/mol. The van der Waals surface area contributed by atoms with Gasteiger partial charge in [-0.1, -0.05) is 361 Å². The highest BCUT2D eigenvalue weighted by molar-refractivity contribution is 8.00. The normalized spacial score (nSPS) is 17.9. The van der Waals surface area contributed by atoms with E-state index in [0.717, 1.165) is 54.4 Å². The van der Waals surface area contributed by atoms with E-state index in [4.69, 9.17) is 28.4 Å². The highest BCUT2D eigenvalue weighted by atomic mass is 32.2. The highest BCUT2D eigenvalue weighted by Crippen LogP contribution is 2.34. The summed E-state index contributed by atoms with van der Waals surface area (Å²) >= 11 is 1.73. The minimum Gasteiger partial charge on any atom is -0.388 e. The zero-order valence-electron chi connectivity index (χ0n) is 58.5. The van der Waals surface area contributed by atoms with Gasteiger partial charge in [-0.05, 0) is 47.9 Å². The summed E-state index contributed by atoms with van der Waals surface area (Å²) in [6.45, 7) is 12.3. The van der Waals surface area contributed by atoms with Gasteiger partial charge in [0, 0.05) is 16.9 Å². The maximum atomic E-state index is 14.7. The van der Waals surface area contributed by atoms with Crippen LogP contribution in [0.4, 0.5) is 0 Å². The van der Waals surface area contributed by atoms with Crippen LogP contribution >= 0.6 is 11.8 Å². The second-order valence-corrected chi connectivity index (χ2v) is 29.3. The van der Waals surface area contributed by atoms with E-state index in [0.29, 0.717) is 31.8 Å². The van der Waals surface area contributed by atoms with Gasteiger partial charge < -0.3 is 38.8 Å². The molecule has 1 saturated heterocycles. The van der Waals surface area contributed by atoms with Crippen molar-refractivity contribution in [3.8, 4) is 0 Å². The maximum absolute atomic E-state index is 14.7. The minimum absolute atomic E-state index is 0.0223. The van der Waals surface area contributed by atoms with Gasteiger partial charge in [-0.25, -0.2) is 0 Å². The lowest BCUT2D eigenvalue weighted by Gasteiger charge is -2.45. The molecule has 0 aliphatic carbocycles. The summed E-state index contributed by atoms with van der Waals surface area (Å²) in [4.78, 5) is 14.7. The first-order valence-corrected chi connectivity index (χ1v) is 38.3. The Kier molecular flexibility index (Phi) is 44.1. The van der Waals surface area contributed by atoms with Crippen LogP contribution < -0.4 is 5.32 Å². The van der Waals surface area contributed by atoms with Gasteiger partial charge in [0.2, 0.25) is 5.91 Å². The van der Waals surface area contributed by atoms with E-state index in [2.05, 4.69) is 76.4 Å². The largest absolute Gasteiger partial charge is 0.388 e. The van der Waals surface area contributed by atoms with E-state index < -0.39 is 49.0 Å². The SMILES string of the molecule is CCCCCCCCCCC/C=C/C[C@@H](OCc1ccccc1)[C@@H](OCc1ccccc1)[C@H](CO[C@H]1O[C@H](CSC(C)(C)C)[C@H](O)[C@H](OCc2ccccc2)[C@H]1OCc1ccccc1)NC(=O)CCCCCCCCCCCCCCCCCCCCCCCCC. The van der Waals surface area contributed by atoms with Gasteiger partial charge in [-0.15, -0.1) is 0 Å². The van der Waals surface area contributed by atoms with E-state index in [1.807, 2.05) is 97.1 Å². The second kappa shape index (κ2) is 51.4. The Bertz CT molecular complexity index is 2350. The van der Waals surface area contributed by atoms with Crippen LogP contribution in [-0.2, 0) is 59.6 Å². The Morgan fingerprint density at radius 2 is 0.870 bits per heavy atom. The molecular formula is C82H129NO8S. The van der Waals surface area contributed by atoms with Crippen molar-refractivity contribution in [2.45, 2.75) is 339 Å². The van der Waals surface area contributed by atoms with E-state index in [1.54, 1.807) is 11.8 Å². The summed E-state index contributed by atoms with van der Waals surface area (Å²) in [7, 11) is 0. The number of amides is 1. The molecule has 0 radical (unpaired) electrons. The Balaban J connectivity index is 1.29. The molecule has 0 saturated carbocycles. The molecule has 0 unspecified atom stereocenters. The monoisotopic (exact) mass is 1290 g/mol. The summed E-state index contributed by atoms with van der Waals surface area (Å²) in [5.74, 6) is 0.461. The van der Waals surface area contributed by atoms with Crippen molar-refractivity contribution in [1.82, 2.24) is 5.32 Å². The molecule has 516 valence electrons. The van der Waals surface area contributed by atoms with Crippen molar-refractivity contribution in [3.63, 3.8) is 0 Å². The molecule has 10 heteroatoms. The van der Waals surface area contributed by atoms with Crippen LogP contribution in [0.25, 0.3) is 0 Å². The van der Waals surface area contributed by atoms with Gasteiger partial charge in [0.15, 0.2) is 6.29 Å². The van der Waals surface area contributed by atoms with Gasteiger partial charge >= 0.3 is 0 Å². The molecule has 1 aliphatic rings. The van der Waals surface area contributed by atoms with E-state index >= 15 is 0 Å². The Morgan fingerprint density at radius 1 is 0.489 bits per heavy atom. The lowest BCUT2D eigenvalue weighted by Crippen LogP contribution is -2.61. The zero-order chi connectivity index (χ0) is 65.2. The topological polar surface area (TPSA) is 105 Å². The van der Waals surface area contributed by atoms with Crippen molar-refractivity contribution in [3.05, 3.63) is 156 Å². The molecule has 4 aromatic carbocycles. The number of nitrogens with one attached hydrogen (secondary N) is 1. The van der Waals surface area contributed by atoms with Crippen molar-refractivity contribution >= 4 is 17.7 Å². The van der Waals surface area contributed by atoms with Gasteiger partial charge in [0.25, 0.3) is 0 Å². The third kappa shape index (κ3) is 36.9. The first-order chi connectivity index (χ1) is 45.1. The molecule has 9 nitrogen and oxygen atoms in total. The first kappa shape index (κ1) is 78.9. The van der Waals surface area contributed by atoms with Crippen molar-refractivity contribution in [2.75, 3.05) is 12.4 Å². The number of aliphatic hydroxyl groups excluding tert-OH is 1. The summed E-state index contributed by atoms with van der Waals surface area (Å²) in [6, 6.07) is 40.0. The van der Waals surface area contributed by atoms with Crippen LogP contribution in [0.2, 0.25) is 0 Å². The number of carbonyl (C=O) groups is 1. The molecule has 5 rings (SSSR count). The Morgan fingerprint density at radius 3 is 1.29 bits per heavy atom. The van der Waals surface area contributed by atoms with Gasteiger partial charge in [0.05, 0.1) is 51.3 Å². The molecule has 0 spiro atoms. The van der Waals surface area contributed by atoms with Crippen LogP contribution in [0.5, 0.6) is 0 Å². The predicted octanol–water partition coefficient (Wildman–Crippen LogP) is 21.7. The molecule has 0 bridgehead atoms. The summed E-state index contributed by atoms with van der Waals surface area (Å²) in [6.07, 6.45) is 43.3. The third-order valence-electron chi connectivity index (χ3n) is 18.0. The van der Waals surface area contributed by atoms with Crippen LogP contribution in [0.15, 0.2) is 133 Å². The molecule has 2 N–H and O–H groups in total. The molecule has 92 heavy (non-hydrogen) atoms. The maximum Gasteiger partial charge on any atom is 0.220 e. The molecule has 0 aromatic heterocycles. The quantitative estimate of drug-likeness (QED) is 0.0330. The van der Waals surface area contributed by atoms with Gasteiger partial charge in [-0.2, -0.15) is 11.8 Å². The number of thioether (sulfide) groups is 1. The molecule has 1 fully saturated rings. The van der Waals surface area contributed by atoms with Crippen molar-refractivity contribution < 1.29 is 38.3 Å². The Hall–Kier alpha value is -3.84. The van der Waals surface area contributed by atoms with E-state index in [-0.39, 0.29) is 30.5 Å². The van der Waals surface area contributed by atoms with Crippen LogP contribution in [0, 0.1) is 0 Å². The molecular weight excluding hydrogens is 1160 g/mol. The van der Waals surface area contributed by atoms with Gasteiger partial charge in [0.1, 0.15) is 24.4 Å². The van der Waals surface area contributed by atoms with Crippen LogP contribution in [-0.4, -0.2) is 77.1 Å². The van der Waals surface area contributed by atoms with Crippen LogP contribution in [0.3, 0.4) is 0 Å². The molecule has 1 aliphatic heterocycles. The number of hydrogen-bond donors (Lipinski definition) is 2. The summed E-state index contributed by atoms with van der Waals surface area (Å²) in [5, 5.41) is 15.9. The molecule has 8 atom stereocenters. The Labute approximate surface area is 565 Å². The zero-order valence-corrected chi connectivity index (χ0v) is 59.3. The molecule has 1 amide bonds. The van der Waals surface area contributed by atoms with Gasteiger partial charge in [-0.3, -0.25) is 4.79 Å². The fourth-order valence-corrected chi connectivity index (χ4v) is 13.3. The number of unbranched alkanes of at least 4 members (excludes halogenated alkanes) is 31. The number of ether oxygens (including phenoxy) is 6. The third-order valence-corrected chi connectivity index (χ3v) is 19.4. The smallest absolute Gasteiger partial charge is 0.220 e. The molecule has 1 heterocycles.